The fourth-order valence-corrected chi connectivity index (χ4v) is 6.99. The van der Waals surface area contributed by atoms with Crippen molar-refractivity contribution in [3.63, 3.8) is 0 Å². The van der Waals surface area contributed by atoms with Gasteiger partial charge in [0, 0.05) is 24.0 Å². The molecule has 3 aromatic carbocycles. The first-order valence-electron chi connectivity index (χ1n) is 18.2. The molecule has 0 saturated heterocycles. The van der Waals surface area contributed by atoms with Gasteiger partial charge in [-0.3, -0.25) is 4.99 Å². The largest absolute Gasteiger partial charge is 0.262 e. The van der Waals surface area contributed by atoms with E-state index < -0.39 is 0 Å². The Morgan fingerprint density at radius 1 is 0.615 bits per heavy atom. The highest BCUT2D eigenvalue weighted by atomic mass is 15.3. The summed E-state index contributed by atoms with van der Waals surface area (Å²) in [6, 6.07) is 33.8. The highest BCUT2D eigenvalue weighted by molar-refractivity contribution is 5.76. The molecule has 3 aliphatic rings. The van der Waals surface area contributed by atoms with E-state index in [1.54, 1.807) is 4.68 Å². The molecule has 0 atom stereocenters. The van der Waals surface area contributed by atoms with Crippen LogP contribution in [0.4, 0.5) is 0 Å². The maximum absolute atomic E-state index is 5.07. The van der Waals surface area contributed by atoms with Gasteiger partial charge in [-0.2, -0.15) is 5.10 Å². The smallest absolute Gasteiger partial charge is 0.160 e. The molecule has 0 amide bonds. The molecule has 52 heavy (non-hydrogen) atoms. The number of rotatable bonds is 9. The summed E-state index contributed by atoms with van der Waals surface area (Å²) in [5, 5.41) is 4.19. The molecule has 0 aliphatic heterocycles. The van der Waals surface area contributed by atoms with Crippen molar-refractivity contribution in [3.05, 3.63) is 185 Å². The Balaban J connectivity index is 1.02. The predicted molar refractivity (Wildman–Crippen MR) is 215 cm³/mol. The van der Waals surface area contributed by atoms with Crippen LogP contribution in [0, 0.1) is 0 Å². The first kappa shape index (κ1) is 33.0. The zero-order valence-electron chi connectivity index (χ0n) is 29.3. The summed E-state index contributed by atoms with van der Waals surface area (Å²) in [4.78, 5) is 15.0. The summed E-state index contributed by atoms with van der Waals surface area (Å²) in [6.45, 7) is 4.32. The van der Waals surface area contributed by atoms with Gasteiger partial charge in [-0.1, -0.05) is 127 Å². The number of hydrogen-bond donors (Lipinski definition) is 0. The standard InChI is InChI=1S/C47H41N5/c1-48-52-33-43(36-13-7-3-8-14-36)29-30-46(52)49-32-34-17-19-37(20-18-34)39-23-27-41(28-24-39)45-31-44(50-47(51-45)42-15-9-4-10-16-42)40-25-21-38(22-26-40)35-11-5-2-6-12-35/h2,4-5,7,9-11,13-21,23-25,27-31,33H,1,3,6,8,12,22,26,32H2/b49-46-. The first-order valence-corrected chi connectivity index (χ1v) is 18.2. The summed E-state index contributed by atoms with van der Waals surface area (Å²) in [5.41, 5.74) is 14.7. The van der Waals surface area contributed by atoms with Gasteiger partial charge < -0.3 is 0 Å². The van der Waals surface area contributed by atoms with Crippen molar-refractivity contribution in [2.75, 3.05) is 0 Å². The highest BCUT2D eigenvalue weighted by Crippen LogP contribution is 2.34. The van der Waals surface area contributed by atoms with Crippen LogP contribution in [0.3, 0.4) is 0 Å². The van der Waals surface area contributed by atoms with Crippen LogP contribution in [0.15, 0.2) is 173 Å². The summed E-state index contributed by atoms with van der Waals surface area (Å²) in [7, 11) is 0. The molecular weight excluding hydrogens is 635 g/mol. The molecule has 0 N–H and O–H groups in total. The van der Waals surface area contributed by atoms with E-state index in [9.17, 15) is 0 Å². The molecule has 0 spiro atoms. The van der Waals surface area contributed by atoms with E-state index >= 15 is 0 Å². The molecule has 5 nitrogen and oxygen atoms in total. The van der Waals surface area contributed by atoms with Crippen molar-refractivity contribution in [2.45, 2.75) is 45.1 Å². The van der Waals surface area contributed by atoms with Gasteiger partial charge in [0.25, 0.3) is 0 Å². The van der Waals surface area contributed by atoms with Crippen molar-refractivity contribution < 1.29 is 0 Å². The third kappa shape index (κ3) is 7.45. The van der Waals surface area contributed by atoms with Crippen molar-refractivity contribution in [1.29, 1.82) is 0 Å². The van der Waals surface area contributed by atoms with E-state index in [0.29, 0.717) is 6.54 Å². The molecule has 0 unspecified atom stereocenters. The molecule has 0 radical (unpaired) electrons. The van der Waals surface area contributed by atoms with Gasteiger partial charge in [0.15, 0.2) is 5.82 Å². The summed E-state index contributed by atoms with van der Waals surface area (Å²) < 4.78 is 1.76. The fourth-order valence-electron chi connectivity index (χ4n) is 6.99. The Morgan fingerprint density at radius 2 is 1.33 bits per heavy atom. The molecule has 2 aromatic heterocycles. The second-order valence-corrected chi connectivity index (χ2v) is 13.4. The molecule has 0 saturated carbocycles. The van der Waals surface area contributed by atoms with Crippen LogP contribution in [-0.2, 0) is 6.54 Å². The third-order valence-corrected chi connectivity index (χ3v) is 9.94. The van der Waals surface area contributed by atoms with Crippen molar-refractivity contribution >= 4 is 17.9 Å². The molecule has 5 heteroatoms. The fraction of sp³-hybridized carbons (Fsp3) is 0.149. The van der Waals surface area contributed by atoms with E-state index in [-0.39, 0.29) is 0 Å². The van der Waals surface area contributed by atoms with Crippen LogP contribution >= 0.6 is 0 Å². The number of benzene rings is 3. The number of pyridine rings is 1. The molecule has 0 bridgehead atoms. The quantitative estimate of drug-likeness (QED) is 0.146. The van der Waals surface area contributed by atoms with Gasteiger partial charge in [0.2, 0.25) is 0 Å². The van der Waals surface area contributed by atoms with Crippen molar-refractivity contribution in [1.82, 2.24) is 14.6 Å². The monoisotopic (exact) mass is 675 g/mol. The molecular formula is C47H41N5. The highest BCUT2D eigenvalue weighted by Gasteiger charge is 2.16. The minimum Gasteiger partial charge on any atom is -0.262 e. The predicted octanol–water partition coefficient (Wildman–Crippen LogP) is 11.0. The minimum atomic E-state index is 0.555. The van der Waals surface area contributed by atoms with Crippen molar-refractivity contribution in [3.8, 4) is 33.8 Å². The van der Waals surface area contributed by atoms with Crippen LogP contribution < -0.4 is 5.49 Å². The number of hydrogen-bond acceptors (Lipinski definition) is 4. The lowest BCUT2D eigenvalue weighted by Gasteiger charge is -2.19. The van der Waals surface area contributed by atoms with E-state index in [2.05, 4.69) is 133 Å². The normalized spacial score (nSPS) is 15.8. The van der Waals surface area contributed by atoms with Gasteiger partial charge in [0.05, 0.1) is 17.9 Å². The topological polar surface area (TPSA) is 55.4 Å². The van der Waals surface area contributed by atoms with Crippen LogP contribution in [0.5, 0.6) is 0 Å². The average molecular weight is 676 g/mol. The number of aromatic nitrogens is 3. The summed E-state index contributed by atoms with van der Waals surface area (Å²) in [5.74, 6) is 0.748. The van der Waals surface area contributed by atoms with Gasteiger partial charge in [-0.25, -0.2) is 14.6 Å². The van der Waals surface area contributed by atoms with Crippen LogP contribution in [0.2, 0.25) is 0 Å². The lowest BCUT2D eigenvalue weighted by molar-refractivity contribution is 0.782. The SMILES string of the molecule is C=Nn1cc(C2=CCCC=C2)cc/c1=N/Cc1ccc(-c2ccc(-c3cc(C4=CC=C(C5=CC=CCC5)CC4)nc(-c4ccccc4)n3)cc2)cc1. The zero-order chi connectivity index (χ0) is 35.1. The van der Waals surface area contributed by atoms with E-state index in [1.807, 2.05) is 30.5 Å². The lowest BCUT2D eigenvalue weighted by Crippen LogP contribution is -2.17. The molecule has 5 aromatic rings. The Labute approximate surface area is 305 Å². The summed E-state index contributed by atoms with van der Waals surface area (Å²) >= 11 is 0. The van der Waals surface area contributed by atoms with E-state index in [0.717, 1.165) is 94.6 Å². The first-order chi connectivity index (χ1) is 25.7. The Morgan fingerprint density at radius 3 is 2.04 bits per heavy atom. The number of nitrogens with zero attached hydrogens (tertiary/aromatic N) is 5. The molecule has 0 fully saturated rings. The summed E-state index contributed by atoms with van der Waals surface area (Å²) in [6.07, 6.45) is 26.3. The number of allylic oxidation sites excluding steroid dienone is 12. The molecule has 254 valence electrons. The Bertz CT molecular complexity index is 2360. The van der Waals surface area contributed by atoms with Gasteiger partial charge in [-0.15, -0.1) is 0 Å². The lowest BCUT2D eigenvalue weighted by atomic mass is 9.88. The molecule has 3 aliphatic carbocycles. The van der Waals surface area contributed by atoms with Gasteiger partial charge in [-0.05, 0) is 101 Å². The maximum atomic E-state index is 5.07. The Kier molecular flexibility index (Phi) is 9.74. The average Bonchev–Trinajstić information content (AvgIpc) is 3.24. The maximum Gasteiger partial charge on any atom is 0.160 e. The van der Waals surface area contributed by atoms with Gasteiger partial charge >= 0.3 is 0 Å². The van der Waals surface area contributed by atoms with Crippen molar-refractivity contribution in [2.24, 2.45) is 10.1 Å². The zero-order valence-corrected chi connectivity index (χ0v) is 29.3. The second kappa shape index (κ2) is 15.4. The van der Waals surface area contributed by atoms with Crippen LogP contribution in [-0.4, -0.2) is 21.4 Å². The van der Waals surface area contributed by atoms with Crippen LogP contribution in [0.25, 0.3) is 44.9 Å². The second-order valence-electron chi connectivity index (χ2n) is 13.4. The Hall–Kier alpha value is -6.20. The van der Waals surface area contributed by atoms with E-state index in [1.165, 1.54) is 22.3 Å². The van der Waals surface area contributed by atoms with Crippen LogP contribution in [0.1, 0.15) is 55.3 Å². The molecule has 2 heterocycles. The van der Waals surface area contributed by atoms with Gasteiger partial charge in [0.1, 0.15) is 5.49 Å². The third-order valence-electron chi connectivity index (χ3n) is 9.94. The molecule has 8 rings (SSSR count). The minimum absolute atomic E-state index is 0.555. The van der Waals surface area contributed by atoms with E-state index in [4.69, 9.17) is 15.0 Å².